The van der Waals surface area contributed by atoms with Gasteiger partial charge in [-0.2, -0.15) is 0 Å². The number of unbranched alkanes of at least 4 members (excludes halogenated alkanes) is 1. The van der Waals surface area contributed by atoms with E-state index < -0.39 is 17.7 Å². The molecule has 0 radical (unpaired) electrons. The number of hydrogen-bond acceptors (Lipinski definition) is 2. The topological polar surface area (TPSA) is 52.6 Å². The first-order valence-corrected chi connectivity index (χ1v) is 6.20. The van der Waals surface area contributed by atoms with Crippen LogP contribution >= 0.6 is 0 Å². The lowest BCUT2D eigenvalue weighted by atomic mass is 10.3. The standard InChI is InChI=1S/C13H18F2N2O2/c1-2-3-6-17(7-8-18)13(19)16-10-4-5-11(14)12(15)9-10/h4-5,9,18H,2-3,6-8H2,1H3,(H,16,19). The van der Waals surface area contributed by atoms with E-state index >= 15 is 0 Å². The van der Waals surface area contributed by atoms with Crippen LogP contribution < -0.4 is 5.32 Å². The molecule has 0 saturated heterocycles. The minimum Gasteiger partial charge on any atom is -0.395 e. The molecule has 0 fully saturated rings. The number of benzene rings is 1. The van der Waals surface area contributed by atoms with Gasteiger partial charge in [-0.3, -0.25) is 0 Å². The van der Waals surface area contributed by atoms with E-state index in [1.807, 2.05) is 6.92 Å². The Bertz CT molecular complexity index is 427. The van der Waals surface area contributed by atoms with E-state index in [1.165, 1.54) is 11.0 Å². The van der Waals surface area contributed by atoms with E-state index in [0.717, 1.165) is 25.0 Å². The molecule has 1 aromatic carbocycles. The molecule has 0 aliphatic carbocycles. The maximum atomic E-state index is 13.0. The number of aliphatic hydroxyl groups excluding tert-OH is 1. The molecule has 0 aliphatic heterocycles. The van der Waals surface area contributed by atoms with Crippen LogP contribution in [-0.2, 0) is 0 Å². The number of carbonyl (C=O) groups excluding carboxylic acids is 1. The van der Waals surface area contributed by atoms with Crippen LogP contribution in [0.25, 0.3) is 0 Å². The monoisotopic (exact) mass is 272 g/mol. The van der Waals surface area contributed by atoms with Crippen LogP contribution in [0.1, 0.15) is 19.8 Å². The summed E-state index contributed by atoms with van der Waals surface area (Å²) in [5.74, 6) is -1.98. The normalized spacial score (nSPS) is 10.3. The third kappa shape index (κ3) is 4.82. The lowest BCUT2D eigenvalue weighted by Gasteiger charge is -2.22. The highest BCUT2D eigenvalue weighted by molar-refractivity contribution is 5.89. The second kappa shape index (κ2) is 7.68. The van der Waals surface area contributed by atoms with Crippen LogP contribution in [-0.4, -0.2) is 35.7 Å². The van der Waals surface area contributed by atoms with Crippen molar-refractivity contribution in [2.24, 2.45) is 0 Å². The molecule has 0 spiro atoms. The summed E-state index contributed by atoms with van der Waals surface area (Å²) in [6.45, 7) is 2.56. The number of anilines is 1. The maximum absolute atomic E-state index is 13.0. The number of hydrogen-bond donors (Lipinski definition) is 2. The highest BCUT2D eigenvalue weighted by Gasteiger charge is 2.13. The summed E-state index contributed by atoms with van der Waals surface area (Å²) in [4.78, 5) is 13.3. The van der Waals surface area contributed by atoms with Gasteiger partial charge in [0.25, 0.3) is 0 Å². The van der Waals surface area contributed by atoms with Crippen molar-refractivity contribution in [3.05, 3.63) is 29.8 Å². The molecule has 0 aromatic heterocycles. The number of aliphatic hydroxyl groups is 1. The fourth-order valence-corrected chi connectivity index (χ4v) is 1.56. The molecule has 0 unspecified atom stereocenters. The third-order valence-corrected chi connectivity index (χ3v) is 2.61. The molecule has 19 heavy (non-hydrogen) atoms. The number of amides is 2. The Morgan fingerprint density at radius 3 is 2.63 bits per heavy atom. The first-order valence-electron chi connectivity index (χ1n) is 6.20. The van der Waals surface area contributed by atoms with E-state index in [-0.39, 0.29) is 18.8 Å². The van der Waals surface area contributed by atoms with E-state index in [1.54, 1.807) is 0 Å². The molecule has 0 aliphatic rings. The van der Waals surface area contributed by atoms with Crippen molar-refractivity contribution < 1.29 is 18.7 Å². The van der Waals surface area contributed by atoms with Crippen molar-refractivity contribution in [3.8, 4) is 0 Å². The fraction of sp³-hybridized carbons (Fsp3) is 0.462. The van der Waals surface area contributed by atoms with E-state index in [4.69, 9.17) is 5.11 Å². The first kappa shape index (κ1) is 15.4. The van der Waals surface area contributed by atoms with Crippen LogP contribution in [0.4, 0.5) is 19.3 Å². The molecule has 1 rings (SSSR count). The molecule has 0 atom stereocenters. The van der Waals surface area contributed by atoms with Gasteiger partial charge in [-0.15, -0.1) is 0 Å². The number of nitrogens with zero attached hydrogens (tertiary/aromatic N) is 1. The Labute approximate surface area is 111 Å². The van der Waals surface area contributed by atoms with Crippen molar-refractivity contribution >= 4 is 11.7 Å². The minimum absolute atomic E-state index is 0.144. The lowest BCUT2D eigenvalue weighted by molar-refractivity contribution is 0.187. The molecular formula is C13H18F2N2O2. The zero-order valence-electron chi connectivity index (χ0n) is 10.8. The molecule has 0 saturated carbocycles. The molecule has 4 nitrogen and oxygen atoms in total. The molecule has 2 N–H and O–H groups in total. The van der Waals surface area contributed by atoms with Crippen molar-refractivity contribution in [1.82, 2.24) is 4.90 Å². The zero-order valence-corrected chi connectivity index (χ0v) is 10.8. The maximum Gasteiger partial charge on any atom is 0.321 e. The zero-order chi connectivity index (χ0) is 14.3. The van der Waals surface area contributed by atoms with Gasteiger partial charge in [0.1, 0.15) is 0 Å². The summed E-state index contributed by atoms with van der Waals surface area (Å²) < 4.78 is 25.8. The third-order valence-electron chi connectivity index (χ3n) is 2.61. The predicted octanol–water partition coefficient (Wildman–Crippen LogP) is 2.59. The number of rotatable bonds is 6. The summed E-state index contributed by atoms with van der Waals surface area (Å²) in [6, 6.07) is 2.72. The molecule has 1 aromatic rings. The Hall–Kier alpha value is -1.69. The fourth-order valence-electron chi connectivity index (χ4n) is 1.56. The minimum atomic E-state index is -1.01. The Balaban J connectivity index is 2.66. The summed E-state index contributed by atoms with van der Waals surface area (Å²) in [6.07, 6.45) is 1.73. The number of nitrogens with one attached hydrogen (secondary N) is 1. The van der Waals surface area contributed by atoms with Gasteiger partial charge in [-0.05, 0) is 18.6 Å². The average molecular weight is 272 g/mol. The smallest absolute Gasteiger partial charge is 0.321 e. The number of carbonyl (C=O) groups is 1. The Morgan fingerprint density at radius 2 is 2.05 bits per heavy atom. The highest BCUT2D eigenvalue weighted by Crippen LogP contribution is 2.13. The van der Waals surface area contributed by atoms with Crippen molar-refractivity contribution in [3.63, 3.8) is 0 Å². The van der Waals surface area contributed by atoms with Gasteiger partial charge < -0.3 is 15.3 Å². The molecule has 2 amide bonds. The quantitative estimate of drug-likeness (QED) is 0.836. The first-order chi connectivity index (χ1) is 9.08. The molecule has 0 heterocycles. The van der Waals surface area contributed by atoms with Gasteiger partial charge in [0.05, 0.1) is 6.61 Å². The summed E-state index contributed by atoms with van der Waals surface area (Å²) in [5.41, 5.74) is 0.184. The van der Waals surface area contributed by atoms with E-state index in [0.29, 0.717) is 6.54 Å². The summed E-state index contributed by atoms with van der Waals surface area (Å²) in [5, 5.41) is 11.4. The molecule has 6 heteroatoms. The van der Waals surface area contributed by atoms with Gasteiger partial charge in [-0.25, -0.2) is 13.6 Å². The van der Waals surface area contributed by atoms with Crippen LogP contribution in [0, 0.1) is 11.6 Å². The Kier molecular flexibility index (Phi) is 6.21. The number of urea groups is 1. The second-order valence-corrected chi connectivity index (χ2v) is 4.12. The molecule has 0 bridgehead atoms. The predicted molar refractivity (Wildman–Crippen MR) is 68.9 cm³/mol. The second-order valence-electron chi connectivity index (χ2n) is 4.12. The van der Waals surface area contributed by atoms with Gasteiger partial charge in [0.15, 0.2) is 11.6 Å². The molecule has 106 valence electrons. The summed E-state index contributed by atoms with van der Waals surface area (Å²) in [7, 11) is 0. The molecular weight excluding hydrogens is 254 g/mol. The van der Waals surface area contributed by atoms with E-state index in [2.05, 4.69) is 5.32 Å². The van der Waals surface area contributed by atoms with Crippen molar-refractivity contribution in [2.75, 3.05) is 25.0 Å². The van der Waals surface area contributed by atoms with Crippen LogP contribution in [0.2, 0.25) is 0 Å². The Morgan fingerprint density at radius 1 is 1.32 bits per heavy atom. The largest absolute Gasteiger partial charge is 0.395 e. The van der Waals surface area contributed by atoms with Crippen LogP contribution in [0.3, 0.4) is 0 Å². The van der Waals surface area contributed by atoms with Gasteiger partial charge in [0.2, 0.25) is 0 Å². The van der Waals surface area contributed by atoms with Gasteiger partial charge in [0, 0.05) is 24.8 Å². The summed E-state index contributed by atoms with van der Waals surface area (Å²) >= 11 is 0. The lowest BCUT2D eigenvalue weighted by Crippen LogP contribution is -2.37. The highest BCUT2D eigenvalue weighted by atomic mass is 19.2. The average Bonchev–Trinajstić information content (AvgIpc) is 2.38. The van der Waals surface area contributed by atoms with Gasteiger partial charge in [-0.1, -0.05) is 13.3 Å². The SMILES string of the molecule is CCCCN(CCO)C(=O)Nc1ccc(F)c(F)c1. The van der Waals surface area contributed by atoms with Crippen molar-refractivity contribution in [1.29, 1.82) is 0 Å². The number of halogens is 2. The van der Waals surface area contributed by atoms with Crippen LogP contribution in [0.15, 0.2) is 18.2 Å². The van der Waals surface area contributed by atoms with E-state index in [9.17, 15) is 13.6 Å². The van der Waals surface area contributed by atoms with Crippen molar-refractivity contribution in [2.45, 2.75) is 19.8 Å². The van der Waals surface area contributed by atoms with Gasteiger partial charge >= 0.3 is 6.03 Å². The van der Waals surface area contributed by atoms with Crippen LogP contribution in [0.5, 0.6) is 0 Å².